The number of aromatic nitrogens is 2. The molecule has 1 heterocycles. The van der Waals surface area contributed by atoms with Crippen LogP contribution in [-0.4, -0.2) is 34.4 Å². The van der Waals surface area contributed by atoms with Gasteiger partial charge in [0.15, 0.2) is 0 Å². The zero-order valence-corrected chi connectivity index (χ0v) is 10.5. The Bertz CT molecular complexity index is 532. The molecule has 1 fully saturated rings. The van der Waals surface area contributed by atoms with Gasteiger partial charge in [-0.3, -0.25) is 9.59 Å². The van der Waals surface area contributed by atoms with Crippen LogP contribution in [-0.2, 0) is 0 Å². The highest BCUT2D eigenvalue weighted by Crippen LogP contribution is 2.44. The molecule has 3 N–H and O–H groups in total. The molecule has 0 aliphatic heterocycles. The number of H-pyrrole nitrogens is 1. The molecule has 0 unspecified atom stereocenters. The summed E-state index contributed by atoms with van der Waals surface area (Å²) >= 11 is 0. The number of aliphatic hydroxyl groups excluding tert-OH is 1. The summed E-state index contributed by atoms with van der Waals surface area (Å²) in [5, 5.41) is 18.0. The van der Waals surface area contributed by atoms with E-state index in [9.17, 15) is 9.59 Å². The predicted molar refractivity (Wildman–Crippen MR) is 65.4 cm³/mol. The van der Waals surface area contributed by atoms with E-state index in [4.69, 9.17) is 5.11 Å². The highest BCUT2D eigenvalue weighted by molar-refractivity contribution is 5.95. The normalized spacial score (nSPS) is 16.4. The van der Waals surface area contributed by atoms with E-state index in [1.165, 1.54) is 0 Å². The minimum atomic E-state index is -0.482. The highest BCUT2D eigenvalue weighted by Gasteiger charge is 2.42. The summed E-state index contributed by atoms with van der Waals surface area (Å²) < 4.78 is 0. The summed E-state index contributed by atoms with van der Waals surface area (Å²) in [6, 6.07) is 0. The van der Waals surface area contributed by atoms with Crippen molar-refractivity contribution < 1.29 is 9.90 Å². The van der Waals surface area contributed by atoms with Crippen molar-refractivity contribution in [1.82, 2.24) is 15.5 Å². The van der Waals surface area contributed by atoms with Gasteiger partial charge in [-0.05, 0) is 32.3 Å². The van der Waals surface area contributed by atoms with Gasteiger partial charge >= 0.3 is 0 Å². The summed E-state index contributed by atoms with van der Waals surface area (Å²) in [6.07, 6.45) is 1.82. The average Bonchev–Trinajstić information content (AvgIpc) is 3.13. The third-order valence-corrected chi connectivity index (χ3v) is 3.61. The Kier molecular flexibility index (Phi) is 3.21. The standard InChI is InChI=1S/C12H17N3O3/c1-7-8(2)14-15-11(18)9(7)10(17)13-5-12(6-16)3-4-12/h16H,3-6H2,1-2H3,(H,13,17)(H,15,18). The number of carbonyl (C=O) groups excluding carboxylic acids is 1. The molecule has 98 valence electrons. The number of amides is 1. The first-order valence-corrected chi connectivity index (χ1v) is 5.94. The van der Waals surface area contributed by atoms with Crippen LogP contribution in [0.5, 0.6) is 0 Å². The van der Waals surface area contributed by atoms with Gasteiger partial charge in [-0.15, -0.1) is 0 Å². The van der Waals surface area contributed by atoms with Crippen molar-refractivity contribution in [2.45, 2.75) is 26.7 Å². The number of aliphatic hydroxyl groups is 1. The molecule has 2 rings (SSSR count). The number of carbonyl (C=O) groups is 1. The smallest absolute Gasteiger partial charge is 0.277 e. The number of rotatable bonds is 4. The maximum Gasteiger partial charge on any atom is 0.277 e. The van der Waals surface area contributed by atoms with Crippen molar-refractivity contribution in [3.8, 4) is 0 Å². The van der Waals surface area contributed by atoms with Crippen molar-refractivity contribution in [3.63, 3.8) is 0 Å². The van der Waals surface area contributed by atoms with Gasteiger partial charge < -0.3 is 10.4 Å². The molecule has 0 radical (unpaired) electrons. The Morgan fingerprint density at radius 2 is 2.17 bits per heavy atom. The van der Waals surface area contributed by atoms with Gasteiger partial charge in [0.05, 0.1) is 12.3 Å². The molecule has 1 saturated carbocycles. The van der Waals surface area contributed by atoms with Crippen LogP contribution in [0.25, 0.3) is 0 Å². The van der Waals surface area contributed by atoms with Gasteiger partial charge in [0.1, 0.15) is 5.56 Å². The fraction of sp³-hybridized carbons (Fsp3) is 0.583. The second-order valence-electron chi connectivity index (χ2n) is 4.98. The molecular weight excluding hydrogens is 234 g/mol. The van der Waals surface area contributed by atoms with Crippen molar-refractivity contribution in [2.75, 3.05) is 13.2 Å². The Morgan fingerprint density at radius 3 is 2.72 bits per heavy atom. The van der Waals surface area contributed by atoms with Crippen LogP contribution in [0.3, 0.4) is 0 Å². The fourth-order valence-electron chi connectivity index (χ4n) is 1.82. The fourth-order valence-corrected chi connectivity index (χ4v) is 1.82. The average molecular weight is 251 g/mol. The van der Waals surface area contributed by atoms with Gasteiger partial charge in [0.25, 0.3) is 11.5 Å². The molecule has 6 heteroatoms. The van der Waals surface area contributed by atoms with Crippen molar-refractivity contribution in [2.24, 2.45) is 5.41 Å². The molecule has 1 aliphatic rings. The predicted octanol–water partition coefficient (Wildman–Crippen LogP) is -0.111. The SMILES string of the molecule is Cc1n[nH]c(=O)c(C(=O)NCC2(CO)CC2)c1C. The monoisotopic (exact) mass is 251 g/mol. The molecule has 1 aromatic heterocycles. The lowest BCUT2D eigenvalue weighted by Gasteiger charge is -2.13. The van der Waals surface area contributed by atoms with E-state index in [2.05, 4.69) is 15.5 Å². The Labute approximate surface area is 104 Å². The first kappa shape index (κ1) is 12.8. The maximum absolute atomic E-state index is 12.0. The number of nitrogens with one attached hydrogen (secondary N) is 2. The van der Waals surface area contributed by atoms with Crippen molar-refractivity contribution in [3.05, 3.63) is 27.2 Å². The molecule has 1 aliphatic carbocycles. The Hall–Kier alpha value is -1.69. The quantitative estimate of drug-likeness (QED) is 0.695. The van der Waals surface area contributed by atoms with Crippen molar-refractivity contribution in [1.29, 1.82) is 0 Å². The summed E-state index contributed by atoms with van der Waals surface area (Å²) in [4.78, 5) is 23.6. The van der Waals surface area contributed by atoms with Crippen molar-refractivity contribution >= 4 is 5.91 Å². The van der Waals surface area contributed by atoms with Gasteiger partial charge in [-0.2, -0.15) is 5.10 Å². The lowest BCUT2D eigenvalue weighted by atomic mass is 10.1. The molecule has 6 nitrogen and oxygen atoms in total. The van der Waals surface area contributed by atoms with Gasteiger partial charge in [0.2, 0.25) is 0 Å². The topological polar surface area (TPSA) is 95.1 Å². The van der Waals surface area contributed by atoms with E-state index in [0.717, 1.165) is 12.8 Å². The van der Waals surface area contributed by atoms with Crippen LogP contribution in [0.2, 0.25) is 0 Å². The van der Waals surface area contributed by atoms with Crippen LogP contribution in [0.15, 0.2) is 4.79 Å². The maximum atomic E-state index is 12.0. The van der Waals surface area contributed by atoms with Crippen LogP contribution in [0.4, 0.5) is 0 Å². The number of hydrogen-bond acceptors (Lipinski definition) is 4. The third-order valence-electron chi connectivity index (χ3n) is 3.61. The first-order chi connectivity index (χ1) is 8.49. The highest BCUT2D eigenvalue weighted by atomic mass is 16.3. The lowest BCUT2D eigenvalue weighted by molar-refractivity contribution is 0.0932. The summed E-state index contributed by atoms with van der Waals surface area (Å²) in [6.45, 7) is 3.91. The summed E-state index contributed by atoms with van der Waals surface area (Å²) in [5.41, 5.74) is 0.673. The lowest BCUT2D eigenvalue weighted by Crippen LogP contribution is -2.36. The van der Waals surface area contributed by atoms with E-state index < -0.39 is 11.5 Å². The number of aryl methyl sites for hydroxylation is 1. The molecule has 0 atom stereocenters. The molecule has 0 spiro atoms. The largest absolute Gasteiger partial charge is 0.396 e. The molecule has 0 saturated heterocycles. The molecule has 18 heavy (non-hydrogen) atoms. The molecule has 0 aromatic carbocycles. The summed E-state index contributed by atoms with van der Waals surface area (Å²) in [5.74, 6) is -0.404. The van der Waals surface area contributed by atoms with Gasteiger partial charge in [-0.25, -0.2) is 5.10 Å². The van der Waals surface area contributed by atoms with E-state index in [0.29, 0.717) is 17.8 Å². The Balaban J connectivity index is 2.14. The Morgan fingerprint density at radius 1 is 1.50 bits per heavy atom. The van der Waals surface area contributed by atoms with E-state index in [1.807, 2.05) is 0 Å². The van der Waals surface area contributed by atoms with Crippen LogP contribution in [0.1, 0.15) is 34.5 Å². The van der Waals surface area contributed by atoms with E-state index in [1.54, 1.807) is 13.8 Å². The van der Waals surface area contributed by atoms with Crippen LogP contribution in [0, 0.1) is 19.3 Å². The first-order valence-electron chi connectivity index (χ1n) is 5.94. The number of aromatic amines is 1. The van der Waals surface area contributed by atoms with Gasteiger partial charge in [0, 0.05) is 12.0 Å². The zero-order valence-electron chi connectivity index (χ0n) is 10.5. The van der Waals surface area contributed by atoms with E-state index in [-0.39, 0.29) is 17.6 Å². The number of hydrogen-bond donors (Lipinski definition) is 3. The minimum Gasteiger partial charge on any atom is -0.396 e. The van der Waals surface area contributed by atoms with Crippen LogP contribution < -0.4 is 10.9 Å². The molecule has 1 aromatic rings. The third kappa shape index (κ3) is 2.28. The number of nitrogens with zero attached hydrogens (tertiary/aromatic N) is 1. The second-order valence-corrected chi connectivity index (χ2v) is 4.98. The second kappa shape index (κ2) is 4.53. The van der Waals surface area contributed by atoms with Gasteiger partial charge in [-0.1, -0.05) is 0 Å². The summed E-state index contributed by atoms with van der Waals surface area (Å²) in [7, 11) is 0. The zero-order chi connectivity index (χ0) is 13.3. The molecule has 0 bridgehead atoms. The van der Waals surface area contributed by atoms with E-state index >= 15 is 0 Å². The minimum absolute atomic E-state index is 0.0675. The van der Waals surface area contributed by atoms with Crippen LogP contribution >= 0.6 is 0 Å². The molecular formula is C12H17N3O3. The molecule has 1 amide bonds.